The Morgan fingerprint density at radius 3 is 2.39 bits per heavy atom. The van der Waals surface area contributed by atoms with Crippen LogP contribution in [0.15, 0.2) is 46.9 Å². The molecule has 1 unspecified atom stereocenters. The summed E-state index contributed by atoms with van der Waals surface area (Å²) in [4.78, 5) is 12.6. The minimum Gasteiger partial charge on any atom is -0.497 e. The van der Waals surface area contributed by atoms with Gasteiger partial charge in [0.2, 0.25) is 0 Å². The highest BCUT2D eigenvalue weighted by atomic mass is 79.9. The van der Waals surface area contributed by atoms with Gasteiger partial charge in [-0.2, -0.15) is 0 Å². The van der Waals surface area contributed by atoms with Gasteiger partial charge in [0.25, 0.3) is 5.91 Å². The van der Waals surface area contributed by atoms with Crippen molar-refractivity contribution in [3.05, 3.63) is 58.1 Å². The number of hydrogen-bond acceptors (Lipinski definition) is 3. The van der Waals surface area contributed by atoms with Crippen LogP contribution in [0.1, 0.15) is 35.3 Å². The molecular weight excluding hydrogens is 358 g/mol. The average Bonchev–Trinajstić information content (AvgIpc) is 2.59. The number of carbonyl (C=O) groups is 1. The van der Waals surface area contributed by atoms with Crippen molar-refractivity contribution in [3.63, 3.8) is 0 Å². The van der Waals surface area contributed by atoms with Crippen molar-refractivity contribution in [1.29, 1.82) is 0 Å². The van der Waals surface area contributed by atoms with Gasteiger partial charge in [0.05, 0.1) is 25.8 Å². The van der Waals surface area contributed by atoms with Crippen molar-refractivity contribution >= 4 is 21.8 Å². The lowest BCUT2D eigenvalue weighted by Gasteiger charge is -2.19. The zero-order valence-corrected chi connectivity index (χ0v) is 15.0. The SMILES string of the molecule is CCC(NC(=O)c1ccc(OC)cc1OC)c1ccc(Br)cc1. The molecule has 0 aliphatic carbocycles. The third kappa shape index (κ3) is 4.26. The Kier molecular flexibility index (Phi) is 6.04. The molecule has 0 heterocycles. The summed E-state index contributed by atoms with van der Waals surface area (Å²) < 4.78 is 11.5. The molecule has 23 heavy (non-hydrogen) atoms. The van der Waals surface area contributed by atoms with Crippen molar-refractivity contribution < 1.29 is 14.3 Å². The third-order valence-electron chi connectivity index (χ3n) is 3.64. The maximum Gasteiger partial charge on any atom is 0.255 e. The van der Waals surface area contributed by atoms with Crippen LogP contribution in [0.4, 0.5) is 0 Å². The van der Waals surface area contributed by atoms with E-state index in [2.05, 4.69) is 21.2 Å². The fraction of sp³-hybridized carbons (Fsp3) is 0.278. The van der Waals surface area contributed by atoms with Gasteiger partial charge in [-0.15, -0.1) is 0 Å². The molecule has 0 aromatic heterocycles. The van der Waals surface area contributed by atoms with Crippen LogP contribution >= 0.6 is 15.9 Å². The van der Waals surface area contributed by atoms with Crippen molar-refractivity contribution in [3.8, 4) is 11.5 Å². The first-order chi connectivity index (χ1) is 11.1. The van der Waals surface area contributed by atoms with Gasteiger partial charge in [-0.25, -0.2) is 0 Å². The summed E-state index contributed by atoms with van der Waals surface area (Å²) in [7, 11) is 3.12. The van der Waals surface area contributed by atoms with Gasteiger partial charge >= 0.3 is 0 Å². The summed E-state index contributed by atoms with van der Waals surface area (Å²) in [6, 6.07) is 13.1. The van der Waals surface area contributed by atoms with Crippen LogP contribution in [0.2, 0.25) is 0 Å². The zero-order valence-electron chi connectivity index (χ0n) is 13.4. The van der Waals surface area contributed by atoms with E-state index in [9.17, 15) is 4.79 Å². The smallest absolute Gasteiger partial charge is 0.255 e. The molecule has 0 spiro atoms. The molecule has 5 heteroatoms. The molecule has 0 saturated carbocycles. The van der Waals surface area contributed by atoms with E-state index >= 15 is 0 Å². The van der Waals surface area contributed by atoms with E-state index in [4.69, 9.17) is 9.47 Å². The summed E-state index contributed by atoms with van der Waals surface area (Å²) in [6.45, 7) is 2.04. The highest BCUT2D eigenvalue weighted by Crippen LogP contribution is 2.26. The normalized spacial score (nSPS) is 11.7. The van der Waals surface area contributed by atoms with Gasteiger partial charge in [-0.3, -0.25) is 4.79 Å². The van der Waals surface area contributed by atoms with E-state index in [-0.39, 0.29) is 11.9 Å². The molecule has 0 fully saturated rings. The van der Waals surface area contributed by atoms with Crippen LogP contribution in [-0.4, -0.2) is 20.1 Å². The molecule has 0 aliphatic rings. The van der Waals surface area contributed by atoms with Crippen LogP contribution < -0.4 is 14.8 Å². The number of hydrogen-bond donors (Lipinski definition) is 1. The fourth-order valence-corrected chi connectivity index (χ4v) is 2.60. The van der Waals surface area contributed by atoms with E-state index in [1.54, 1.807) is 25.3 Å². The molecule has 4 nitrogen and oxygen atoms in total. The van der Waals surface area contributed by atoms with Crippen molar-refractivity contribution in [1.82, 2.24) is 5.32 Å². The molecule has 0 bridgehead atoms. The molecule has 0 radical (unpaired) electrons. The first-order valence-electron chi connectivity index (χ1n) is 7.37. The predicted molar refractivity (Wildman–Crippen MR) is 94.2 cm³/mol. The monoisotopic (exact) mass is 377 g/mol. The van der Waals surface area contributed by atoms with Crippen molar-refractivity contribution in [2.45, 2.75) is 19.4 Å². The summed E-state index contributed by atoms with van der Waals surface area (Å²) in [5, 5.41) is 3.06. The lowest BCUT2D eigenvalue weighted by molar-refractivity contribution is 0.0932. The number of rotatable bonds is 6. The van der Waals surface area contributed by atoms with Crippen molar-refractivity contribution in [2.24, 2.45) is 0 Å². The number of carbonyl (C=O) groups excluding carboxylic acids is 1. The second-order valence-corrected chi connectivity index (χ2v) is 5.97. The minimum absolute atomic E-state index is 0.0533. The third-order valence-corrected chi connectivity index (χ3v) is 4.17. The Morgan fingerprint density at radius 2 is 1.83 bits per heavy atom. The molecule has 2 aromatic rings. The topological polar surface area (TPSA) is 47.6 Å². The van der Waals surface area contributed by atoms with Gasteiger partial charge < -0.3 is 14.8 Å². The summed E-state index contributed by atoms with van der Waals surface area (Å²) in [6.07, 6.45) is 0.797. The van der Waals surface area contributed by atoms with Crippen LogP contribution in [-0.2, 0) is 0 Å². The number of nitrogens with one attached hydrogen (secondary N) is 1. The largest absolute Gasteiger partial charge is 0.497 e. The molecular formula is C18H20BrNO3. The van der Waals surface area contributed by atoms with E-state index in [0.29, 0.717) is 17.1 Å². The number of methoxy groups -OCH3 is 2. The van der Waals surface area contributed by atoms with Crippen LogP contribution in [0.5, 0.6) is 11.5 Å². The van der Waals surface area contributed by atoms with Gasteiger partial charge in [-0.05, 0) is 36.2 Å². The Labute approximate surface area is 144 Å². The van der Waals surface area contributed by atoms with Crippen LogP contribution in [0.25, 0.3) is 0 Å². The van der Waals surface area contributed by atoms with E-state index < -0.39 is 0 Å². The molecule has 2 rings (SSSR count). The molecule has 1 atom stereocenters. The van der Waals surface area contributed by atoms with E-state index in [0.717, 1.165) is 16.5 Å². The number of benzene rings is 2. The quantitative estimate of drug-likeness (QED) is 0.813. The van der Waals surface area contributed by atoms with E-state index in [1.165, 1.54) is 7.11 Å². The molecule has 122 valence electrons. The molecule has 2 aromatic carbocycles. The van der Waals surface area contributed by atoms with Gasteiger partial charge in [0.15, 0.2) is 0 Å². The highest BCUT2D eigenvalue weighted by molar-refractivity contribution is 9.10. The second kappa shape index (κ2) is 8.02. The molecule has 1 amide bonds. The molecule has 0 aliphatic heterocycles. The van der Waals surface area contributed by atoms with Crippen molar-refractivity contribution in [2.75, 3.05) is 14.2 Å². The zero-order chi connectivity index (χ0) is 16.8. The molecule has 0 saturated heterocycles. The first kappa shape index (κ1) is 17.3. The first-order valence-corrected chi connectivity index (χ1v) is 8.16. The predicted octanol–water partition coefficient (Wildman–Crippen LogP) is 4.35. The maximum absolute atomic E-state index is 12.6. The van der Waals surface area contributed by atoms with E-state index in [1.807, 2.05) is 31.2 Å². The van der Waals surface area contributed by atoms with Gasteiger partial charge in [-0.1, -0.05) is 35.0 Å². The second-order valence-electron chi connectivity index (χ2n) is 5.05. The maximum atomic E-state index is 12.6. The van der Waals surface area contributed by atoms with Gasteiger partial charge in [0, 0.05) is 10.5 Å². The Hall–Kier alpha value is -2.01. The summed E-state index contributed by atoms with van der Waals surface area (Å²) >= 11 is 3.42. The lowest BCUT2D eigenvalue weighted by atomic mass is 10.0. The van der Waals surface area contributed by atoms with Gasteiger partial charge in [0.1, 0.15) is 11.5 Å². The van der Waals surface area contributed by atoms with Crippen LogP contribution in [0, 0.1) is 0 Å². The number of amides is 1. The highest BCUT2D eigenvalue weighted by Gasteiger charge is 2.18. The minimum atomic E-state index is -0.167. The summed E-state index contributed by atoms with van der Waals surface area (Å²) in [5.74, 6) is 0.977. The Bertz CT molecular complexity index is 670. The molecule has 1 N–H and O–H groups in total. The average molecular weight is 378 g/mol. The Morgan fingerprint density at radius 1 is 1.13 bits per heavy atom. The lowest BCUT2D eigenvalue weighted by Crippen LogP contribution is -2.28. The number of halogens is 1. The summed E-state index contributed by atoms with van der Waals surface area (Å²) in [5.41, 5.74) is 1.56. The Balaban J connectivity index is 2.21. The van der Waals surface area contributed by atoms with Crippen LogP contribution in [0.3, 0.4) is 0 Å². The number of ether oxygens (including phenoxy) is 2. The fourth-order valence-electron chi connectivity index (χ4n) is 2.34. The standard InChI is InChI=1S/C18H20BrNO3/c1-4-16(12-5-7-13(19)8-6-12)20-18(21)15-10-9-14(22-2)11-17(15)23-3/h5-11,16H,4H2,1-3H3,(H,20,21).